The van der Waals surface area contributed by atoms with Crippen LogP contribution in [0.1, 0.15) is 32.1 Å². The molecule has 2 aromatic heterocycles. The number of allylic oxidation sites excluding steroid dienone is 1. The summed E-state index contributed by atoms with van der Waals surface area (Å²) in [5.74, 6) is 0.115. The quantitative estimate of drug-likeness (QED) is 0.787. The maximum atomic E-state index is 13.1. The molecule has 1 aliphatic carbocycles. The molecule has 1 fully saturated rings. The van der Waals surface area contributed by atoms with Gasteiger partial charge in [-0.05, 0) is 25.0 Å². The van der Waals surface area contributed by atoms with Gasteiger partial charge >= 0.3 is 5.91 Å². The molecular formula is C20H20N5O2+. The second-order valence-corrected chi connectivity index (χ2v) is 7.27. The van der Waals surface area contributed by atoms with Crippen LogP contribution in [0, 0.1) is 5.92 Å². The van der Waals surface area contributed by atoms with Crippen LogP contribution in [0.5, 0.6) is 0 Å². The topological polar surface area (TPSA) is 83.1 Å². The van der Waals surface area contributed by atoms with Crippen molar-refractivity contribution in [3.8, 4) is 5.82 Å². The number of carbonyl (C=O) groups excluding carboxylic acids is 1. The smallest absolute Gasteiger partial charge is 0.268 e. The first-order chi connectivity index (χ1) is 13.2. The average Bonchev–Trinajstić information content (AvgIpc) is 3.23. The molecule has 7 heteroatoms. The lowest BCUT2D eigenvalue weighted by molar-refractivity contribution is -0.491. The third-order valence-corrected chi connectivity index (χ3v) is 5.65. The first-order valence-electron chi connectivity index (χ1n) is 9.41. The van der Waals surface area contributed by atoms with Crippen LogP contribution in [0.2, 0.25) is 0 Å². The fourth-order valence-corrected chi connectivity index (χ4v) is 4.22. The number of aromatic nitrogens is 3. The molecule has 1 atom stereocenters. The van der Waals surface area contributed by atoms with E-state index in [0.29, 0.717) is 22.1 Å². The fourth-order valence-electron chi connectivity index (χ4n) is 4.22. The molecule has 0 aromatic carbocycles. The lowest BCUT2D eigenvalue weighted by Gasteiger charge is -2.23. The van der Waals surface area contributed by atoms with Crippen molar-refractivity contribution < 1.29 is 9.37 Å². The Morgan fingerprint density at radius 1 is 1.15 bits per heavy atom. The summed E-state index contributed by atoms with van der Waals surface area (Å²) < 4.78 is 3.35. The van der Waals surface area contributed by atoms with Crippen molar-refractivity contribution in [1.29, 1.82) is 0 Å². The van der Waals surface area contributed by atoms with Gasteiger partial charge in [-0.15, -0.1) is 0 Å². The van der Waals surface area contributed by atoms with E-state index < -0.39 is 5.92 Å². The van der Waals surface area contributed by atoms with E-state index >= 15 is 0 Å². The molecule has 0 saturated heterocycles. The van der Waals surface area contributed by atoms with Crippen LogP contribution in [0.15, 0.2) is 46.1 Å². The number of hydrogen-bond donors (Lipinski definition) is 1. The molecule has 3 aliphatic rings. The number of nitrogens with zero attached hydrogens (tertiary/aromatic N) is 4. The van der Waals surface area contributed by atoms with Crippen LogP contribution < -0.4 is 16.1 Å². The molecule has 1 saturated carbocycles. The Kier molecular flexibility index (Phi) is 3.74. The van der Waals surface area contributed by atoms with Gasteiger partial charge in [-0.25, -0.2) is 4.79 Å². The standard InChI is InChI=1S/C20H20N5O2/c26-19-14-12-15-17(8-11-25(20(15)27)18-6-9-21-23-18)22-16(14)7-10-24(19)13-4-2-1-3-5-13/h6-14H,1-5H2,(H,21,23)/q+1. The molecule has 0 radical (unpaired) electrons. The van der Waals surface area contributed by atoms with Gasteiger partial charge < -0.3 is 0 Å². The maximum absolute atomic E-state index is 13.1. The number of hydrogen-bond acceptors (Lipinski definition) is 4. The SMILES string of the molecule is O=C1C2C=c3c(ccn(-c4ccn[nH]4)c3=O)=NC2=CC=[N+]1C1CCCCC1. The Hall–Kier alpha value is -3.09. The van der Waals surface area contributed by atoms with E-state index in [2.05, 4.69) is 15.2 Å². The van der Waals surface area contributed by atoms with Crippen molar-refractivity contribution in [3.63, 3.8) is 0 Å². The van der Waals surface area contributed by atoms with Gasteiger partial charge in [-0.3, -0.25) is 19.5 Å². The number of fused-ring (bicyclic) bond motifs is 2. The minimum atomic E-state index is -0.491. The van der Waals surface area contributed by atoms with Crippen LogP contribution in [-0.4, -0.2) is 37.5 Å². The van der Waals surface area contributed by atoms with Crippen LogP contribution in [0.25, 0.3) is 11.9 Å². The maximum Gasteiger partial charge on any atom is 0.400 e. The molecule has 0 bridgehead atoms. The number of pyridine rings is 1. The van der Waals surface area contributed by atoms with Gasteiger partial charge in [-0.1, -0.05) is 6.42 Å². The summed E-state index contributed by atoms with van der Waals surface area (Å²) in [5.41, 5.74) is 0.504. The predicted molar refractivity (Wildman–Crippen MR) is 99.2 cm³/mol. The molecule has 7 nitrogen and oxygen atoms in total. The predicted octanol–water partition coefficient (Wildman–Crippen LogP) is 0.431. The van der Waals surface area contributed by atoms with E-state index in [0.717, 1.165) is 25.7 Å². The average molecular weight is 362 g/mol. The van der Waals surface area contributed by atoms with Crippen LogP contribution in [0.3, 0.4) is 0 Å². The Morgan fingerprint density at radius 3 is 2.78 bits per heavy atom. The number of carbonyl (C=O) groups is 1. The van der Waals surface area contributed by atoms with Crippen molar-refractivity contribution in [2.24, 2.45) is 10.9 Å². The first-order valence-corrected chi connectivity index (χ1v) is 9.41. The molecule has 136 valence electrons. The summed E-state index contributed by atoms with van der Waals surface area (Å²) in [6, 6.07) is 3.78. The number of H-pyrrole nitrogens is 1. The van der Waals surface area contributed by atoms with Crippen molar-refractivity contribution in [1.82, 2.24) is 14.8 Å². The molecule has 0 spiro atoms. The summed E-state index contributed by atoms with van der Waals surface area (Å²) in [7, 11) is 0. The van der Waals surface area contributed by atoms with Crippen LogP contribution in [-0.2, 0) is 4.79 Å². The zero-order valence-electron chi connectivity index (χ0n) is 14.8. The molecule has 27 heavy (non-hydrogen) atoms. The summed E-state index contributed by atoms with van der Waals surface area (Å²) in [6.45, 7) is 0. The number of rotatable bonds is 2. The summed E-state index contributed by atoms with van der Waals surface area (Å²) >= 11 is 0. The normalized spacial score (nSPS) is 22.1. The summed E-state index contributed by atoms with van der Waals surface area (Å²) in [6.07, 6.45) is 14.5. The van der Waals surface area contributed by atoms with Crippen molar-refractivity contribution >= 4 is 18.2 Å². The summed E-state index contributed by atoms with van der Waals surface area (Å²) in [4.78, 5) is 30.7. The Labute approximate surface area is 155 Å². The minimum absolute atomic E-state index is 0.0187. The van der Waals surface area contributed by atoms with Crippen LogP contribution in [0.4, 0.5) is 0 Å². The van der Waals surface area contributed by atoms with Gasteiger partial charge in [0.15, 0.2) is 12.3 Å². The Morgan fingerprint density at radius 2 is 2.00 bits per heavy atom. The largest absolute Gasteiger partial charge is 0.400 e. The van der Waals surface area contributed by atoms with Gasteiger partial charge in [0.25, 0.3) is 5.56 Å². The Balaban J connectivity index is 1.60. The van der Waals surface area contributed by atoms with E-state index in [9.17, 15) is 9.59 Å². The number of nitrogens with one attached hydrogen (secondary N) is 1. The lowest BCUT2D eigenvalue weighted by atomic mass is 9.91. The van der Waals surface area contributed by atoms with E-state index in [4.69, 9.17) is 0 Å². The third kappa shape index (κ3) is 2.61. The van der Waals surface area contributed by atoms with Gasteiger partial charge in [0.2, 0.25) is 0 Å². The van der Waals surface area contributed by atoms with Crippen molar-refractivity contribution in [2.75, 3.05) is 0 Å². The highest BCUT2D eigenvalue weighted by Gasteiger charge is 2.39. The van der Waals surface area contributed by atoms with Crippen LogP contribution >= 0.6 is 0 Å². The monoisotopic (exact) mass is 362 g/mol. The van der Waals surface area contributed by atoms with E-state index in [-0.39, 0.29) is 17.5 Å². The molecule has 1 unspecified atom stereocenters. The highest BCUT2D eigenvalue weighted by atomic mass is 16.2. The zero-order valence-corrected chi connectivity index (χ0v) is 14.8. The number of amides is 1. The van der Waals surface area contributed by atoms with Crippen molar-refractivity contribution in [3.05, 3.63) is 57.2 Å². The Bertz CT molecular complexity index is 1150. The first kappa shape index (κ1) is 16.1. The van der Waals surface area contributed by atoms with E-state index in [1.165, 1.54) is 11.0 Å². The molecular weight excluding hydrogens is 342 g/mol. The molecule has 2 aliphatic heterocycles. The minimum Gasteiger partial charge on any atom is -0.268 e. The van der Waals surface area contributed by atoms with Gasteiger partial charge in [0, 0.05) is 31.2 Å². The second-order valence-electron chi connectivity index (χ2n) is 7.27. The molecule has 1 N–H and O–H groups in total. The molecule has 1 amide bonds. The highest BCUT2D eigenvalue weighted by Crippen LogP contribution is 2.26. The molecule has 4 heterocycles. The van der Waals surface area contributed by atoms with E-state index in [1.54, 1.807) is 30.6 Å². The van der Waals surface area contributed by atoms with Crippen molar-refractivity contribution in [2.45, 2.75) is 38.1 Å². The fraction of sp³-hybridized carbons (Fsp3) is 0.350. The van der Waals surface area contributed by atoms with E-state index in [1.807, 2.05) is 16.9 Å². The zero-order chi connectivity index (χ0) is 18.4. The summed E-state index contributed by atoms with van der Waals surface area (Å²) in [5, 5.41) is 7.76. The second kappa shape index (κ2) is 6.26. The van der Waals surface area contributed by atoms with Gasteiger partial charge in [-0.2, -0.15) is 9.67 Å². The molecule has 2 aromatic rings. The number of aromatic amines is 1. The van der Waals surface area contributed by atoms with Gasteiger partial charge in [0.1, 0.15) is 11.7 Å². The molecule has 5 rings (SSSR count). The van der Waals surface area contributed by atoms with Gasteiger partial charge in [0.05, 0.1) is 22.5 Å². The third-order valence-electron chi connectivity index (χ3n) is 5.65. The highest BCUT2D eigenvalue weighted by molar-refractivity contribution is 5.90. The lowest BCUT2D eigenvalue weighted by Crippen LogP contribution is -2.49.